The van der Waals surface area contributed by atoms with E-state index < -0.39 is 17.5 Å². The zero-order valence-corrected chi connectivity index (χ0v) is 18.6. The topological polar surface area (TPSA) is 82.6 Å². The number of fused-ring (bicyclic) bond motifs is 1. The molecule has 2 aromatic carbocycles. The van der Waals surface area contributed by atoms with Gasteiger partial charge in [-0.15, -0.1) is 11.3 Å². The molecular formula is C24H24N4O3S. The van der Waals surface area contributed by atoms with Crippen LogP contribution in [0.4, 0.5) is 4.79 Å². The summed E-state index contributed by atoms with van der Waals surface area (Å²) in [5.74, 6) is -0.269. The standard InChI is InChI=1S/C24H24N4O3S/c1-24(17-7-3-2-4-8-17)22(30)28(23(31)26-24)15-20(29)27-13-11-16(12-14-27)21-25-18-9-5-6-10-19(18)32-21/h2-10,16H,11-15H2,1H3,(H,26,31). The largest absolute Gasteiger partial charge is 0.341 e. The van der Waals surface area contributed by atoms with Gasteiger partial charge in [0.1, 0.15) is 12.1 Å². The highest BCUT2D eigenvalue weighted by molar-refractivity contribution is 7.18. The molecule has 0 aliphatic carbocycles. The monoisotopic (exact) mass is 448 g/mol. The molecule has 2 fully saturated rings. The van der Waals surface area contributed by atoms with Crippen LogP contribution in [0.1, 0.15) is 36.3 Å². The molecule has 1 aromatic heterocycles. The van der Waals surface area contributed by atoms with Crippen molar-refractivity contribution in [3.8, 4) is 0 Å². The van der Waals surface area contributed by atoms with Crippen LogP contribution < -0.4 is 5.32 Å². The highest BCUT2D eigenvalue weighted by atomic mass is 32.1. The van der Waals surface area contributed by atoms with E-state index in [4.69, 9.17) is 4.98 Å². The lowest BCUT2D eigenvalue weighted by Gasteiger charge is -2.32. The molecule has 164 valence electrons. The number of imide groups is 1. The van der Waals surface area contributed by atoms with Gasteiger partial charge in [-0.1, -0.05) is 42.5 Å². The van der Waals surface area contributed by atoms with Crippen molar-refractivity contribution in [2.24, 2.45) is 0 Å². The second-order valence-electron chi connectivity index (χ2n) is 8.49. The molecule has 1 unspecified atom stereocenters. The van der Waals surface area contributed by atoms with Crippen LogP contribution >= 0.6 is 11.3 Å². The third-order valence-electron chi connectivity index (χ3n) is 6.43. The molecule has 5 rings (SSSR count). The Morgan fingerprint density at radius 3 is 2.50 bits per heavy atom. The maximum Gasteiger partial charge on any atom is 0.325 e. The van der Waals surface area contributed by atoms with Crippen LogP contribution in [0, 0.1) is 0 Å². The first-order valence-electron chi connectivity index (χ1n) is 10.8. The molecule has 1 atom stereocenters. The Balaban J connectivity index is 1.22. The van der Waals surface area contributed by atoms with Gasteiger partial charge in [-0.3, -0.25) is 14.5 Å². The summed E-state index contributed by atoms with van der Waals surface area (Å²) >= 11 is 1.72. The number of thiazole rings is 1. The number of urea groups is 1. The van der Waals surface area contributed by atoms with Crippen molar-refractivity contribution in [3.05, 3.63) is 65.2 Å². The number of hydrogen-bond donors (Lipinski definition) is 1. The van der Waals surface area contributed by atoms with Crippen molar-refractivity contribution in [2.75, 3.05) is 19.6 Å². The molecule has 2 aliphatic heterocycles. The van der Waals surface area contributed by atoms with E-state index in [-0.39, 0.29) is 12.5 Å². The van der Waals surface area contributed by atoms with E-state index in [1.54, 1.807) is 35.3 Å². The summed E-state index contributed by atoms with van der Waals surface area (Å²) in [4.78, 5) is 46.0. The van der Waals surface area contributed by atoms with E-state index in [2.05, 4.69) is 11.4 Å². The average Bonchev–Trinajstić information content (AvgIpc) is 3.35. The van der Waals surface area contributed by atoms with Crippen LogP contribution in [-0.2, 0) is 15.1 Å². The van der Waals surface area contributed by atoms with E-state index in [0.717, 1.165) is 28.3 Å². The summed E-state index contributed by atoms with van der Waals surface area (Å²) in [5, 5.41) is 3.87. The molecule has 0 bridgehead atoms. The van der Waals surface area contributed by atoms with E-state index in [0.29, 0.717) is 24.6 Å². The lowest BCUT2D eigenvalue weighted by Crippen LogP contribution is -2.46. The van der Waals surface area contributed by atoms with Crippen LogP contribution in [0.2, 0.25) is 0 Å². The van der Waals surface area contributed by atoms with Gasteiger partial charge in [-0.2, -0.15) is 0 Å². The van der Waals surface area contributed by atoms with Gasteiger partial charge in [0, 0.05) is 19.0 Å². The van der Waals surface area contributed by atoms with E-state index in [1.807, 2.05) is 36.4 Å². The molecule has 0 radical (unpaired) electrons. The average molecular weight is 449 g/mol. The molecule has 0 saturated carbocycles. The van der Waals surface area contributed by atoms with Gasteiger partial charge in [0.15, 0.2) is 0 Å². The minimum Gasteiger partial charge on any atom is -0.341 e. The summed E-state index contributed by atoms with van der Waals surface area (Å²) in [6.07, 6.45) is 1.65. The van der Waals surface area contributed by atoms with Crippen molar-refractivity contribution in [2.45, 2.75) is 31.2 Å². The van der Waals surface area contributed by atoms with Crippen molar-refractivity contribution >= 4 is 39.4 Å². The fourth-order valence-electron chi connectivity index (χ4n) is 4.48. The number of para-hydroxylation sites is 1. The van der Waals surface area contributed by atoms with Crippen molar-refractivity contribution in [1.29, 1.82) is 0 Å². The molecule has 32 heavy (non-hydrogen) atoms. The number of nitrogens with one attached hydrogen (secondary N) is 1. The molecule has 2 aliphatic rings. The maximum absolute atomic E-state index is 13.0. The molecule has 7 nitrogen and oxygen atoms in total. The molecule has 4 amide bonds. The smallest absolute Gasteiger partial charge is 0.325 e. The van der Waals surface area contributed by atoms with Gasteiger partial charge in [0.05, 0.1) is 15.2 Å². The Hall–Kier alpha value is -3.26. The van der Waals surface area contributed by atoms with Crippen LogP contribution in [0.15, 0.2) is 54.6 Å². The van der Waals surface area contributed by atoms with Gasteiger partial charge in [-0.25, -0.2) is 9.78 Å². The third kappa shape index (κ3) is 3.54. The van der Waals surface area contributed by atoms with Crippen molar-refractivity contribution < 1.29 is 14.4 Å². The van der Waals surface area contributed by atoms with E-state index in [1.165, 1.54) is 4.70 Å². The maximum atomic E-state index is 13.0. The fourth-order valence-corrected chi connectivity index (χ4v) is 5.62. The Bertz CT molecular complexity index is 1150. The van der Waals surface area contributed by atoms with Crippen LogP contribution in [0.5, 0.6) is 0 Å². The number of benzene rings is 2. The number of amides is 4. The highest BCUT2D eigenvalue weighted by Crippen LogP contribution is 2.34. The summed E-state index contributed by atoms with van der Waals surface area (Å²) in [6, 6.07) is 16.7. The fraction of sp³-hybridized carbons (Fsp3) is 0.333. The van der Waals surface area contributed by atoms with Gasteiger partial charge >= 0.3 is 6.03 Å². The molecule has 1 N–H and O–H groups in total. The molecular weight excluding hydrogens is 424 g/mol. The molecule has 3 aromatic rings. The van der Waals surface area contributed by atoms with E-state index >= 15 is 0 Å². The number of likely N-dealkylation sites (tertiary alicyclic amines) is 1. The number of hydrogen-bond acceptors (Lipinski definition) is 5. The summed E-state index contributed by atoms with van der Waals surface area (Å²) in [5.41, 5.74) is 0.564. The SMILES string of the molecule is CC1(c2ccccc2)NC(=O)N(CC(=O)N2CCC(c3nc4ccccc4s3)CC2)C1=O. The number of rotatable bonds is 4. The predicted molar refractivity (Wildman–Crippen MR) is 122 cm³/mol. The predicted octanol–water partition coefficient (Wildman–Crippen LogP) is 3.47. The minimum atomic E-state index is -1.15. The molecule has 3 heterocycles. The van der Waals surface area contributed by atoms with Gasteiger partial charge in [0.2, 0.25) is 5.91 Å². The quantitative estimate of drug-likeness (QED) is 0.620. The molecule has 2 saturated heterocycles. The first-order chi connectivity index (χ1) is 15.5. The summed E-state index contributed by atoms with van der Waals surface area (Å²) < 4.78 is 1.18. The van der Waals surface area contributed by atoms with Gasteiger partial charge < -0.3 is 10.2 Å². The summed E-state index contributed by atoms with van der Waals surface area (Å²) in [7, 11) is 0. The Morgan fingerprint density at radius 1 is 1.09 bits per heavy atom. The van der Waals surface area contributed by atoms with Crippen molar-refractivity contribution in [1.82, 2.24) is 20.1 Å². The molecule has 8 heteroatoms. The third-order valence-corrected chi connectivity index (χ3v) is 7.63. The van der Waals surface area contributed by atoms with Crippen LogP contribution in [0.25, 0.3) is 10.2 Å². The van der Waals surface area contributed by atoms with Gasteiger partial charge in [0.25, 0.3) is 5.91 Å². The van der Waals surface area contributed by atoms with Crippen LogP contribution in [0.3, 0.4) is 0 Å². The zero-order chi connectivity index (χ0) is 22.3. The second-order valence-corrected chi connectivity index (χ2v) is 9.55. The summed E-state index contributed by atoms with van der Waals surface area (Å²) in [6.45, 7) is 2.63. The van der Waals surface area contributed by atoms with E-state index in [9.17, 15) is 14.4 Å². The van der Waals surface area contributed by atoms with Crippen molar-refractivity contribution in [3.63, 3.8) is 0 Å². The lowest BCUT2D eigenvalue weighted by atomic mass is 9.92. The second kappa shape index (κ2) is 8.02. The molecule has 0 spiro atoms. The zero-order valence-electron chi connectivity index (χ0n) is 17.8. The number of carbonyl (C=O) groups excluding carboxylic acids is 3. The Kier molecular flexibility index (Phi) is 5.17. The first-order valence-corrected chi connectivity index (χ1v) is 11.6. The first kappa shape index (κ1) is 20.6. The minimum absolute atomic E-state index is 0.200. The number of aromatic nitrogens is 1. The normalized spacial score (nSPS) is 21.9. The number of carbonyl (C=O) groups is 3. The van der Waals surface area contributed by atoms with Gasteiger partial charge in [-0.05, 0) is 37.5 Å². The Morgan fingerprint density at radius 2 is 1.78 bits per heavy atom. The lowest BCUT2D eigenvalue weighted by molar-refractivity contribution is -0.139. The van der Waals surface area contributed by atoms with Crippen LogP contribution in [-0.4, -0.2) is 52.3 Å². The number of piperidine rings is 1. The number of nitrogens with zero attached hydrogens (tertiary/aromatic N) is 3. The highest BCUT2D eigenvalue weighted by Gasteiger charge is 2.49. The Labute approximate surface area is 190 Å².